The fourth-order valence-electron chi connectivity index (χ4n) is 3.08. The van der Waals surface area contributed by atoms with Crippen LogP contribution in [0.1, 0.15) is 34.6 Å². The van der Waals surface area contributed by atoms with Gasteiger partial charge in [0.1, 0.15) is 18.8 Å². The van der Waals surface area contributed by atoms with Crippen molar-refractivity contribution in [3.05, 3.63) is 0 Å². The van der Waals surface area contributed by atoms with E-state index in [1.54, 1.807) is 0 Å². The van der Waals surface area contributed by atoms with Crippen molar-refractivity contribution in [1.82, 2.24) is 5.32 Å². The van der Waals surface area contributed by atoms with Crippen molar-refractivity contribution in [2.45, 2.75) is 77.5 Å². The monoisotopic (exact) mass is 523 g/mol. The lowest BCUT2D eigenvalue weighted by Gasteiger charge is -2.44. The zero-order chi connectivity index (χ0) is 27.4. The van der Waals surface area contributed by atoms with Gasteiger partial charge in [0.2, 0.25) is 0 Å². The molecule has 1 fully saturated rings. The highest BCUT2D eigenvalue weighted by Gasteiger charge is 2.52. The molecular formula is C21H33NO14. The minimum Gasteiger partial charge on any atom is -0.463 e. The molecule has 0 radical (unpaired) electrons. The predicted octanol–water partition coefficient (Wildman–Crippen LogP) is -1.45. The van der Waals surface area contributed by atoms with Crippen molar-refractivity contribution in [2.75, 3.05) is 26.4 Å². The van der Waals surface area contributed by atoms with Gasteiger partial charge in [0, 0.05) is 34.2 Å². The number of carbonyl (C=O) groups excluding carboxylic acids is 5. The molecule has 1 heterocycles. The molecule has 0 saturated carbocycles. The number of carbonyl (C=O) groups is 5. The molecule has 5 unspecified atom stereocenters. The van der Waals surface area contributed by atoms with Crippen molar-refractivity contribution in [3.63, 3.8) is 0 Å². The van der Waals surface area contributed by atoms with Crippen molar-refractivity contribution in [3.8, 4) is 0 Å². The van der Waals surface area contributed by atoms with Gasteiger partial charge in [-0.2, -0.15) is 0 Å². The Kier molecular flexibility index (Phi) is 13.1. The molecule has 0 aromatic heterocycles. The largest absolute Gasteiger partial charge is 0.463 e. The first-order valence-corrected chi connectivity index (χ1v) is 11.0. The number of hydrogen-bond acceptors (Lipinski definition) is 14. The van der Waals surface area contributed by atoms with E-state index in [1.807, 2.05) is 0 Å². The molecule has 3 N–H and O–H groups in total. The Hall–Kier alpha value is -3.01. The van der Waals surface area contributed by atoms with E-state index in [0.717, 1.165) is 27.7 Å². The van der Waals surface area contributed by atoms with E-state index >= 15 is 0 Å². The molecule has 206 valence electrons. The van der Waals surface area contributed by atoms with Gasteiger partial charge in [-0.05, 0) is 6.92 Å². The number of hydrogen-bond donors (Lipinski definition) is 3. The molecule has 36 heavy (non-hydrogen) atoms. The molecule has 0 aromatic carbocycles. The highest BCUT2D eigenvalue weighted by atomic mass is 16.7. The van der Waals surface area contributed by atoms with Gasteiger partial charge in [-0.25, -0.2) is 4.79 Å². The zero-order valence-corrected chi connectivity index (χ0v) is 20.7. The molecule has 7 atom stereocenters. The standard InChI is InChI=1S/C21H33NO14/c1-10(32-21(29)22-6-15(28)7-23)8-31-20-19(35-14(5)27)18(34-13(4)26)17(33-12(3)25)16(36-20)9-30-11(2)24/h10,15-20,23,28H,6-9H2,1-5H3,(H,22,29)/t10?,15?,16?,17-,18?,19?,20-/m1/s1. The molecule has 0 aromatic rings. The lowest BCUT2D eigenvalue weighted by atomic mass is 9.98. The van der Waals surface area contributed by atoms with Gasteiger partial charge < -0.3 is 48.7 Å². The Labute approximate surface area is 207 Å². The number of ether oxygens (including phenoxy) is 7. The molecule has 1 saturated heterocycles. The van der Waals surface area contributed by atoms with E-state index in [4.69, 9.17) is 38.3 Å². The average molecular weight is 523 g/mol. The second-order valence-electron chi connectivity index (χ2n) is 7.83. The number of alkyl carbamates (subject to hydrolysis) is 1. The van der Waals surface area contributed by atoms with E-state index in [9.17, 15) is 29.1 Å². The quantitative estimate of drug-likeness (QED) is 0.198. The summed E-state index contributed by atoms with van der Waals surface area (Å²) in [4.78, 5) is 58.5. The third kappa shape index (κ3) is 11.2. The first-order chi connectivity index (χ1) is 16.8. The minimum absolute atomic E-state index is 0.247. The first-order valence-electron chi connectivity index (χ1n) is 11.0. The lowest BCUT2D eigenvalue weighted by molar-refractivity contribution is -0.310. The van der Waals surface area contributed by atoms with Crippen LogP contribution in [-0.4, -0.2) is 109 Å². The molecule has 15 heteroatoms. The maximum absolute atomic E-state index is 11.8. The molecule has 1 aliphatic rings. The predicted molar refractivity (Wildman–Crippen MR) is 115 cm³/mol. The normalized spacial score (nSPS) is 25.0. The summed E-state index contributed by atoms with van der Waals surface area (Å²) in [5.74, 6) is -3.02. The van der Waals surface area contributed by atoms with Gasteiger partial charge in [0.05, 0.1) is 19.3 Å². The summed E-state index contributed by atoms with van der Waals surface area (Å²) in [7, 11) is 0. The summed E-state index contributed by atoms with van der Waals surface area (Å²) in [6, 6.07) is 0. The number of rotatable bonds is 12. The molecule has 1 aliphatic heterocycles. The van der Waals surface area contributed by atoms with Crippen molar-refractivity contribution < 1.29 is 67.3 Å². The highest BCUT2D eigenvalue weighted by Crippen LogP contribution is 2.30. The maximum Gasteiger partial charge on any atom is 0.407 e. The van der Waals surface area contributed by atoms with Crippen LogP contribution in [-0.2, 0) is 52.3 Å². The molecule has 15 nitrogen and oxygen atoms in total. The summed E-state index contributed by atoms with van der Waals surface area (Å²) >= 11 is 0. The Morgan fingerprint density at radius 1 is 0.889 bits per heavy atom. The van der Waals surface area contributed by atoms with Gasteiger partial charge in [-0.15, -0.1) is 0 Å². The van der Waals surface area contributed by atoms with Crippen LogP contribution in [0, 0.1) is 0 Å². The van der Waals surface area contributed by atoms with E-state index in [0.29, 0.717) is 0 Å². The van der Waals surface area contributed by atoms with Gasteiger partial charge in [-0.1, -0.05) is 0 Å². The molecule has 1 amide bonds. The van der Waals surface area contributed by atoms with Gasteiger partial charge in [0.15, 0.2) is 24.6 Å². The molecule has 0 aliphatic carbocycles. The Morgan fingerprint density at radius 3 is 1.97 bits per heavy atom. The fourth-order valence-corrected chi connectivity index (χ4v) is 3.08. The molecule has 1 rings (SSSR count). The first kappa shape index (κ1) is 31.0. The molecular weight excluding hydrogens is 490 g/mol. The third-order valence-electron chi connectivity index (χ3n) is 4.44. The van der Waals surface area contributed by atoms with Crippen molar-refractivity contribution in [1.29, 1.82) is 0 Å². The number of amides is 1. The van der Waals surface area contributed by atoms with Crippen LogP contribution in [0.15, 0.2) is 0 Å². The maximum atomic E-state index is 11.8. The minimum atomic E-state index is -1.42. The second-order valence-corrected chi connectivity index (χ2v) is 7.83. The van der Waals surface area contributed by atoms with Crippen LogP contribution < -0.4 is 5.32 Å². The van der Waals surface area contributed by atoms with Crippen molar-refractivity contribution in [2.24, 2.45) is 0 Å². The summed E-state index contributed by atoms with van der Waals surface area (Å²) in [6.45, 7) is 4.36. The fraction of sp³-hybridized carbons (Fsp3) is 0.762. The number of aliphatic hydroxyl groups is 2. The van der Waals surface area contributed by atoms with Crippen LogP contribution in [0.2, 0.25) is 0 Å². The summed E-state index contributed by atoms with van der Waals surface area (Å²) in [5.41, 5.74) is 0. The summed E-state index contributed by atoms with van der Waals surface area (Å²) in [6.07, 6.45) is -9.69. The van der Waals surface area contributed by atoms with Crippen LogP contribution in [0.4, 0.5) is 4.79 Å². The zero-order valence-electron chi connectivity index (χ0n) is 20.7. The Morgan fingerprint density at radius 2 is 1.44 bits per heavy atom. The van der Waals surface area contributed by atoms with E-state index in [1.165, 1.54) is 6.92 Å². The Bertz CT molecular complexity index is 774. The van der Waals surface area contributed by atoms with Crippen LogP contribution in [0.5, 0.6) is 0 Å². The second kappa shape index (κ2) is 15.2. The SMILES string of the molecule is CC(=O)OCC1O[C@@H](OCC(C)OC(=O)NCC(O)CO)C(OC(C)=O)C(OC(C)=O)[C@@H]1OC(C)=O. The van der Waals surface area contributed by atoms with Crippen LogP contribution in [0.25, 0.3) is 0 Å². The molecule has 0 bridgehead atoms. The average Bonchev–Trinajstić information content (AvgIpc) is 2.77. The van der Waals surface area contributed by atoms with Crippen LogP contribution in [0.3, 0.4) is 0 Å². The highest BCUT2D eigenvalue weighted by molar-refractivity contribution is 5.69. The number of nitrogens with one attached hydrogen (secondary N) is 1. The van der Waals surface area contributed by atoms with Gasteiger partial charge in [0.25, 0.3) is 0 Å². The van der Waals surface area contributed by atoms with Gasteiger partial charge >= 0.3 is 30.0 Å². The van der Waals surface area contributed by atoms with E-state index in [-0.39, 0.29) is 13.2 Å². The lowest BCUT2D eigenvalue weighted by Crippen LogP contribution is -2.63. The third-order valence-corrected chi connectivity index (χ3v) is 4.44. The van der Waals surface area contributed by atoms with Gasteiger partial charge in [-0.3, -0.25) is 19.2 Å². The summed E-state index contributed by atoms with van der Waals surface area (Å²) in [5, 5.41) is 20.3. The van der Waals surface area contributed by atoms with Crippen LogP contribution >= 0.6 is 0 Å². The summed E-state index contributed by atoms with van der Waals surface area (Å²) < 4.78 is 37.2. The smallest absolute Gasteiger partial charge is 0.407 e. The Balaban J connectivity index is 3.06. The topological polar surface area (TPSA) is 202 Å². The number of aliphatic hydroxyl groups excluding tert-OH is 2. The van der Waals surface area contributed by atoms with Crippen molar-refractivity contribution >= 4 is 30.0 Å². The van der Waals surface area contributed by atoms with E-state index in [2.05, 4.69) is 5.32 Å². The van der Waals surface area contributed by atoms with E-state index < -0.39 is 86.1 Å². The molecule has 0 spiro atoms. The number of esters is 4.